The Labute approximate surface area is 209 Å². The van der Waals surface area contributed by atoms with E-state index in [9.17, 15) is 8.42 Å². The Balaban J connectivity index is 1.54. The molecule has 0 unspecified atom stereocenters. The molecule has 34 heavy (non-hydrogen) atoms. The fourth-order valence-electron chi connectivity index (χ4n) is 3.50. The zero-order valence-electron chi connectivity index (χ0n) is 18.5. The molecule has 0 N–H and O–H groups in total. The minimum Gasteiger partial charge on any atom is -0.489 e. The lowest BCUT2D eigenvalue weighted by Crippen LogP contribution is -2.32. The van der Waals surface area contributed by atoms with E-state index in [0.717, 1.165) is 21.3 Å². The van der Waals surface area contributed by atoms with Gasteiger partial charge in [-0.05, 0) is 59.7 Å². The fourth-order valence-corrected chi connectivity index (χ4v) is 5.20. The first-order valence-corrected chi connectivity index (χ1v) is 13.2. The highest BCUT2D eigenvalue weighted by atomic mass is 79.9. The Morgan fingerprint density at radius 3 is 2.29 bits per heavy atom. The molecule has 0 aliphatic heterocycles. The van der Waals surface area contributed by atoms with Crippen LogP contribution in [0.25, 0.3) is 0 Å². The Kier molecular flexibility index (Phi) is 8.11. The van der Waals surface area contributed by atoms with Gasteiger partial charge in [0.05, 0.1) is 4.90 Å². The normalized spacial score (nSPS) is 11.5. The molecule has 174 valence electrons. The Morgan fingerprint density at radius 2 is 1.56 bits per heavy atom. The fraction of sp³-hybridized carbons (Fsp3) is 0.148. The van der Waals surface area contributed by atoms with Crippen molar-refractivity contribution < 1.29 is 13.2 Å². The van der Waals surface area contributed by atoms with Gasteiger partial charge in [-0.1, -0.05) is 64.5 Å². The van der Waals surface area contributed by atoms with Crippen LogP contribution in [-0.4, -0.2) is 24.3 Å². The van der Waals surface area contributed by atoms with Gasteiger partial charge < -0.3 is 4.74 Å². The van der Waals surface area contributed by atoms with E-state index in [2.05, 4.69) is 20.9 Å². The molecule has 5 nitrogen and oxygen atoms in total. The van der Waals surface area contributed by atoms with Crippen LogP contribution < -0.4 is 4.74 Å². The molecule has 0 fully saturated rings. The lowest BCUT2D eigenvalue weighted by atomic mass is 10.2. The van der Waals surface area contributed by atoms with E-state index in [-0.39, 0.29) is 11.4 Å². The highest BCUT2D eigenvalue weighted by molar-refractivity contribution is 9.10. The summed E-state index contributed by atoms with van der Waals surface area (Å²) >= 11 is 3.37. The first kappa shape index (κ1) is 24.1. The van der Waals surface area contributed by atoms with Gasteiger partial charge in [-0.3, -0.25) is 4.98 Å². The van der Waals surface area contributed by atoms with Crippen LogP contribution in [0.4, 0.5) is 0 Å². The maximum atomic E-state index is 13.5. The van der Waals surface area contributed by atoms with Gasteiger partial charge in [-0.15, -0.1) is 0 Å². The summed E-state index contributed by atoms with van der Waals surface area (Å²) < 4.78 is 35.3. The Bertz CT molecular complexity index is 1300. The largest absolute Gasteiger partial charge is 0.489 e. The summed E-state index contributed by atoms with van der Waals surface area (Å²) in [5, 5.41) is 0. The van der Waals surface area contributed by atoms with Crippen LogP contribution in [0.1, 0.15) is 16.8 Å². The standard InChI is InChI=1S/C27H25BrN2O3S/c28-24-12-14-27(15-13-24)34(31,32)30(18-16-25-10-4-5-17-29-25)20-23-9-6-11-26(19-23)33-21-22-7-2-1-3-8-22/h1-15,17,19H,16,18,20-21H2. The first-order chi connectivity index (χ1) is 16.5. The number of aromatic nitrogens is 1. The summed E-state index contributed by atoms with van der Waals surface area (Å²) in [7, 11) is -3.71. The minimum atomic E-state index is -3.71. The molecule has 0 bridgehead atoms. The molecular weight excluding hydrogens is 512 g/mol. The smallest absolute Gasteiger partial charge is 0.243 e. The summed E-state index contributed by atoms with van der Waals surface area (Å²) in [5.41, 5.74) is 2.77. The maximum absolute atomic E-state index is 13.5. The summed E-state index contributed by atoms with van der Waals surface area (Å²) in [6.07, 6.45) is 2.23. The van der Waals surface area contributed by atoms with Crippen molar-refractivity contribution in [1.29, 1.82) is 0 Å². The number of halogens is 1. The van der Waals surface area contributed by atoms with Crippen molar-refractivity contribution in [1.82, 2.24) is 9.29 Å². The summed E-state index contributed by atoms with van der Waals surface area (Å²) in [4.78, 5) is 4.60. The Hall–Kier alpha value is -3.00. The van der Waals surface area contributed by atoms with Crippen molar-refractivity contribution >= 4 is 26.0 Å². The van der Waals surface area contributed by atoms with Crippen molar-refractivity contribution in [2.45, 2.75) is 24.5 Å². The molecule has 1 aromatic heterocycles. The topological polar surface area (TPSA) is 59.5 Å². The van der Waals surface area contributed by atoms with Gasteiger partial charge in [0.2, 0.25) is 10.0 Å². The van der Waals surface area contributed by atoms with Crippen LogP contribution in [0.5, 0.6) is 5.75 Å². The third kappa shape index (κ3) is 6.53. The van der Waals surface area contributed by atoms with E-state index >= 15 is 0 Å². The van der Waals surface area contributed by atoms with Crippen LogP contribution in [0, 0.1) is 0 Å². The van der Waals surface area contributed by atoms with Crippen LogP contribution >= 0.6 is 15.9 Å². The third-order valence-corrected chi connectivity index (χ3v) is 7.69. The number of nitrogens with zero attached hydrogens (tertiary/aromatic N) is 2. The van der Waals surface area contributed by atoms with Crippen LogP contribution in [0.2, 0.25) is 0 Å². The minimum absolute atomic E-state index is 0.230. The molecule has 0 aliphatic carbocycles. The SMILES string of the molecule is O=S(=O)(c1ccc(Br)cc1)N(CCc1ccccn1)Cc1cccc(OCc2ccccc2)c1. The van der Waals surface area contributed by atoms with E-state index in [4.69, 9.17) is 4.74 Å². The van der Waals surface area contributed by atoms with Crippen molar-refractivity contribution in [3.05, 3.63) is 125 Å². The lowest BCUT2D eigenvalue weighted by molar-refractivity contribution is 0.305. The molecule has 3 aromatic carbocycles. The van der Waals surface area contributed by atoms with Crippen LogP contribution in [0.3, 0.4) is 0 Å². The number of rotatable bonds is 10. The lowest BCUT2D eigenvalue weighted by Gasteiger charge is -2.23. The molecule has 0 aliphatic rings. The van der Waals surface area contributed by atoms with E-state index in [1.54, 1.807) is 30.5 Å². The number of hydrogen-bond acceptors (Lipinski definition) is 4. The number of ether oxygens (including phenoxy) is 1. The molecule has 0 spiro atoms. The van der Waals surface area contributed by atoms with Gasteiger partial charge in [0.25, 0.3) is 0 Å². The number of benzene rings is 3. The Morgan fingerprint density at radius 1 is 0.824 bits per heavy atom. The predicted molar refractivity (Wildman–Crippen MR) is 137 cm³/mol. The molecule has 1 heterocycles. The van der Waals surface area contributed by atoms with E-state index in [0.29, 0.717) is 25.3 Å². The van der Waals surface area contributed by atoms with Crippen molar-refractivity contribution in [2.75, 3.05) is 6.54 Å². The number of pyridine rings is 1. The second-order valence-corrected chi connectivity index (χ2v) is 10.6. The summed E-state index contributed by atoms with van der Waals surface area (Å²) in [5.74, 6) is 0.701. The van der Waals surface area contributed by atoms with Gasteiger partial charge in [-0.2, -0.15) is 4.31 Å². The second-order valence-electron chi connectivity index (χ2n) is 7.79. The molecular formula is C27H25BrN2O3S. The zero-order chi connectivity index (χ0) is 23.8. The van der Waals surface area contributed by atoms with Gasteiger partial charge >= 0.3 is 0 Å². The quantitative estimate of drug-likeness (QED) is 0.255. The molecule has 0 saturated heterocycles. The number of sulfonamides is 1. The van der Waals surface area contributed by atoms with Gasteiger partial charge in [0.1, 0.15) is 12.4 Å². The summed E-state index contributed by atoms with van der Waals surface area (Å²) in [6.45, 7) is 0.989. The second kappa shape index (κ2) is 11.4. The molecule has 0 saturated carbocycles. The maximum Gasteiger partial charge on any atom is 0.243 e. The average Bonchev–Trinajstić information content (AvgIpc) is 2.87. The van der Waals surface area contributed by atoms with Crippen molar-refractivity contribution in [3.63, 3.8) is 0 Å². The molecule has 7 heteroatoms. The first-order valence-electron chi connectivity index (χ1n) is 10.9. The monoisotopic (exact) mass is 536 g/mol. The highest BCUT2D eigenvalue weighted by Crippen LogP contribution is 2.23. The van der Waals surface area contributed by atoms with Gasteiger partial charge in [0, 0.05) is 35.9 Å². The molecule has 4 aromatic rings. The van der Waals surface area contributed by atoms with E-state index < -0.39 is 10.0 Å². The number of hydrogen-bond donors (Lipinski definition) is 0. The van der Waals surface area contributed by atoms with E-state index in [1.807, 2.05) is 72.8 Å². The molecule has 0 amide bonds. The highest BCUT2D eigenvalue weighted by Gasteiger charge is 2.25. The van der Waals surface area contributed by atoms with Crippen molar-refractivity contribution in [2.24, 2.45) is 0 Å². The molecule has 0 atom stereocenters. The zero-order valence-corrected chi connectivity index (χ0v) is 21.0. The van der Waals surface area contributed by atoms with Gasteiger partial charge in [-0.25, -0.2) is 8.42 Å². The summed E-state index contributed by atoms with van der Waals surface area (Å²) in [6, 6.07) is 29.9. The van der Waals surface area contributed by atoms with E-state index in [1.165, 1.54) is 4.31 Å². The van der Waals surface area contributed by atoms with Crippen LogP contribution in [-0.2, 0) is 29.6 Å². The average molecular weight is 537 g/mol. The predicted octanol–water partition coefficient (Wildman–Crippen LogP) is 5.86. The molecule has 0 radical (unpaired) electrons. The van der Waals surface area contributed by atoms with Crippen LogP contribution in [0.15, 0.2) is 113 Å². The van der Waals surface area contributed by atoms with Crippen molar-refractivity contribution in [3.8, 4) is 5.75 Å². The molecule has 4 rings (SSSR count). The third-order valence-electron chi connectivity index (χ3n) is 5.30. The van der Waals surface area contributed by atoms with Gasteiger partial charge in [0.15, 0.2) is 0 Å².